The number of hydrogen-bond donors (Lipinski definition) is 1. The summed E-state index contributed by atoms with van der Waals surface area (Å²) in [5, 5.41) is 18.1. The lowest BCUT2D eigenvalue weighted by atomic mass is 10.2. The molecule has 2 aromatic rings. The number of nitriles is 1. The van der Waals surface area contributed by atoms with Gasteiger partial charge in [-0.25, -0.2) is 0 Å². The lowest BCUT2D eigenvalue weighted by Crippen LogP contribution is -2.25. The molecule has 100 valence electrons. The summed E-state index contributed by atoms with van der Waals surface area (Å²) >= 11 is 11.8. The second kappa shape index (κ2) is 6.38. The van der Waals surface area contributed by atoms with Gasteiger partial charge in [-0.15, -0.1) is 0 Å². The highest BCUT2D eigenvalue weighted by Gasteiger charge is 2.12. The molecule has 0 saturated carbocycles. The standard InChI is InChI=1S/C14H10Cl2N4/c15-12-2-1-10(7-13(12)16)8-20(9-17)14(18)11-3-5-19-6-4-11/h1-7,18H,8H2. The Labute approximate surface area is 126 Å². The van der Waals surface area contributed by atoms with Crippen LogP contribution in [0.15, 0.2) is 42.7 Å². The molecule has 1 heterocycles. The maximum absolute atomic E-state index is 9.20. The maximum atomic E-state index is 9.20. The van der Waals surface area contributed by atoms with E-state index in [1.807, 2.05) is 6.19 Å². The van der Waals surface area contributed by atoms with Crippen LogP contribution in [-0.4, -0.2) is 15.7 Å². The van der Waals surface area contributed by atoms with E-state index in [0.717, 1.165) is 5.56 Å². The number of nitrogens with one attached hydrogen (secondary N) is 1. The molecule has 6 heteroatoms. The third kappa shape index (κ3) is 3.27. The van der Waals surface area contributed by atoms with E-state index in [9.17, 15) is 5.26 Å². The van der Waals surface area contributed by atoms with Gasteiger partial charge in [-0.05, 0) is 29.8 Å². The Morgan fingerprint density at radius 1 is 1.20 bits per heavy atom. The Kier molecular flexibility index (Phi) is 4.57. The zero-order valence-corrected chi connectivity index (χ0v) is 11.9. The van der Waals surface area contributed by atoms with E-state index in [1.54, 1.807) is 42.7 Å². The van der Waals surface area contributed by atoms with Crippen molar-refractivity contribution in [3.8, 4) is 6.19 Å². The third-order valence-corrected chi connectivity index (χ3v) is 3.41. The first-order chi connectivity index (χ1) is 9.61. The Balaban J connectivity index is 2.19. The van der Waals surface area contributed by atoms with Crippen LogP contribution >= 0.6 is 23.2 Å². The molecule has 0 spiro atoms. The molecule has 1 aromatic carbocycles. The first-order valence-electron chi connectivity index (χ1n) is 5.72. The van der Waals surface area contributed by atoms with Crippen LogP contribution in [0, 0.1) is 16.9 Å². The van der Waals surface area contributed by atoms with Crippen molar-refractivity contribution in [2.24, 2.45) is 0 Å². The quantitative estimate of drug-likeness (QED) is 0.407. The summed E-state index contributed by atoms with van der Waals surface area (Å²) in [6, 6.07) is 8.50. The van der Waals surface area contributed by atoms with E-state index in [0.29, 0.717) is 15.6 Å². The normalized spacial score (nSPS) is 9.85. The Hall–Kier alpha value is -2.09. The van der Waals surface area contributed by atoms with Crippen molar-refractivity contribution in [1.29, 1.82) is 10.7 Å². The summed E-state index contributed by atoms with van der Waals surface area (Å²) in [5.74, 6) is 0.112. The fraction of sp³-hybridized carbons (Fsp3) is 0.0714. The van der Waals surface area contributed by atoms with E-state index in [4.69, 9.17) is 28.6 Å². The molecule has 4 nitrogen and oxygen atoms in total. The van der Waals surface area contributed by atoms with Crippen molar-refractivity contribution in [2.45, 2.75) is 6.54 Å². The van der Waals surface area contributed by atoms with Gasteiger partial charge in [0.1, 0.15) is 5.84 Å². The molecule has 0 radical (unpaired) electrons. The molecule has 0 amide bonds. The van der Waals surface area contributed by atoms with Gasteiger partial charge in [-0.1, -0.05) is 29.3 Å². The Morgan fingerprint density at radius 2 is 1.90 bits per heavy atom. The first kappa shape index (κ1) is 14.3. The molecule has 0 atom stereocenters. The van der Waals surface area contributed by atoms with Crippen molar-refractivity contribution >= 4 is 29.0 Å². The molecule has 0 aliphatic heterocycles. The first-order valence-corrected chi connectivity index (χ1v) is 6.47. The minimum Gasteiger partial charge on any atom is -0.283 e. The van der Waals surface area contributed by atoms with Gasteiger partial charge in [0, 0.05) is 18.0 Å². The fourth-order valence-corrected chi connectivity index (χ4v) is 1.97. The number of benzene rings is 1. The lowest BCUT2D eigenvalue weighted by Gasteiger charge is -2.16. The topological polar surface area (TPSA) is 63.8 Å². The third-order valence-electron chi connectivity index (χ3n) is 2.67. The van der Waals surface area contributed by atoms with E-state index in [2.05, 4.69) is 4.98 Å². The van der Waals surface area contributed by atoms with Crippen molar-refractivity contribution in [1.82, 2.24) is 9.88 Å². The number of aromatic nitrogens is 1. The van der Waals surface area contributed by atoms with Crippen molar-refractivity contribution in [3.63, 3.8) is 0 Å². The highest BCUT2D eigenvalue weighted by atomic mass is 35.5. The molecule has 0 aliphatic carbocycles. The largest absolute Gasteiger partial charge is 0.283 e. The van der Waals surface area contributed by atoms with E-state index in [1.165, 1.54) is 4.90 Å². The highest BCUT2D eigenvalue weighted by Crippen LogP contribution is 2.23. The van der Waals surface area contributed by atoms with Gasteiger partial charge in [0.25, 0.3) is 0 Å². The van der Waals surface area contributed by atoms with Crippen LogP contribution in [0.1, 0.15) is 11.1 Å². The SMILES string of the molecule is N#CN(Cc1ccc(Cl)c(Cl)c1)C(=N)c1ccncc1. The van der Waals surface area contributed by atoms with E-state index in [-0.39, 0.29) is 12.4 Å². The van der Waals surface area contributed by atoms with Crippen LogP contribution in [0.4, 0.5) is 0 Å². The van der Waals surface area contributed by atoms with Crippen LogP contribution in [-0.2, 0) is 6.54 Å². The molecule has 0 unspecified atom stereocenters. The number of hydrogen-bond acceptors (Lipinski definition) is 3. The van der Waals surface area contributed by atoms with Gasteiger partial charge in [0.2, 0.25) is 0 Å². The molecule has 0 saturated heterocycles. The summed E-state index contributed by atoms with van der Waals surface area (Å²) in [5.41, 5.74) is 1.43. The lowest BCUT2D eigenvalue weighted by molar-refractivity contribution is 0.568. The van der Waals surface area contributed by atoms with Gasteiger partial charge < -0.3 is 0 Å². The van der Waals surface area contributed by atoms with Gasteiger partial charge in [-0.2, -0.15) is 5.26 Å². The summed E-state index contributed by atoms with van der Waals surface area (Å²) < 4.78 is 0. The summed E-state index contributed by atoms with van der Waals surface area (Å²) in [6.07, 6.45) is 5.16. The zero-order chi connectivity index (χ0) is 14.5. The summed E-state index contributed by atoms with van der Waals surface area (Å²) in [7, 11) is 0. The average Bonchev–Trinajstić information content (AvgIpc) is 2.48. The monoisotopic (exact) mass is 304 g/mol. The molecule has 2 rings (SSSR count). The molecule has 0 aliphatic rings. The summed E-state index contributed by atoms with van der Waals surface area (Å²) in [6.45, 7) is 0.258. The number of amidine groups is 1. The number of nitrogens with zero attached hydrogens (tertiary/aromatic N) is 3. The van der Waals surface area contributed by atoms with E-state index < -0.39 is 0 Å². The second-order valence-corrected chi connectivity index (χ2v) is 4.83. The van der Waals surface area contributed by atoms with Crippen molar-refractivity contribution in [3.05, 3.63) is 63.9 Å². The molecule has 0 fully saturated rings. The number of halogens is 2. The van der Waals surface area contributed by atoms with Crippen LogP contribution in [0.3, 0.4) is 0 Å². The molecular weight excluding hydrogens is 295 g/mol. The van der Waals surface area contributed by atoms with Crippen LogP contribution in [0.5, 0.6) is 0 Å². The number of pyridine rings is 1. The molecule has 1 N–H and O–H groups in total. The molecule has 0 bridgehead atoms. The fourth-order valence-electron chi connectivity index (χ4n) is 1.65. The predicted octanol–water partition coefficient (Wildman–Crippen LogP) is 3.70. The predicted molar refractivity (Wildman–Crippen MR) is 78.7 cm³/mol. The van der Waals surface area contributed by atoms with Gasteiger partial charge >= 0.3 is 0 Å². The minimum atomic E-state index is 0.112. The zero-order valence-electron chi connectivity index (χ0n) is 10.3. The van der Waals surface area contributed by atoms with Gasteiger partial charge in [-0.3, -0.25) is 15.3 Å². The summed E-state index contributed by atoms with van der Waals surface area (Å²) in [4.78, 5) is 5.16. The van der Waals surface area contributed by atoms with E-state index >= 15 is 0 Å². The molecule has 1 aromatic heterocycles. The Bertz CT molecular complexity index is 665. The van der Waals surface area contributed by atoms with Crippen molar-refractivity contribution in [2.75, 3.05) is 0 Å². The smallest absolute Gasteiger partial charge is 0.185 e. The Morgan fingerprint density at radius 3 is 2.50 bits per heavy atom. The second-order valence-electron chi connectivity index (χ2n) is 4.02. The van der Waals surface area contributed by atoms with Crippen molar-refractivity contribution < 1.29 is 0 Å². The highest BCUT2D eigenvalue weighted by molar-refractivity contribution is 6.42. The van der Waals surface area contributed by atoms with Crippen LogP contribution < -0.4 is 0 Å². The maximum Gasteiger partial charge on any atom is 0.185 e. The molecular formula is C14H10Cl2N4. The molecule has 20 heavy (non-hydrogen) atoms. The average molecular weight is 305 g/mol. The van der Waals surface area contributed by atoms with Crippen LogP contribution in [0.25, 0.3) is 0 Å². The van der Waals surface area contributed by atoms with Gasteiger partial charge in [0.05, 0.1) is 16.6 Å². The number of rotatable bonds is 3. The van der Waals surface area contributed by atoms with Gasteiger partial charge in [0.15, 0.2) is 6.19 Å². The van der Waals surface area contributed by atoms with Crippen LogP contribution in [0.2, 0.25) is 10.0 Å². The minimum absolute atomic E-state index is 0.112.